The summed E-state index contributed by atoms with van der Waals surface area (Å²) >= 11 is 6.08. The molecule has 1 saturated heterocycles. The lowest BCUT2D eigenvalue weighted by atomic mass is 10.1. The number of amides is 2. The predicted molar refractivity (Wildman–Crippen MR) is 113 cm³/mol. The molecule has 1 fully saturated rings. The molecular weight excluding hydrogens is 374 g/mol. The minimum absolute atomic E-state index is 0.00593. The molecule has 6 heteroatoms. The van der Waals surface area contributed by atoms with Gasteiger partial charge in [-0.2, -0.15) is 0 Å². The van der Waals surface area contributed by atoms with E-state index in [-0.39, 0.29) is 18.4 Å². The van der Waals surface area contributed by atoms with Gasteiger partial charge < -0.3 is 14.7 Å². The number of piperazine rings is 1. The Bertz CT molecular complexity index is 847. The standard InChI is InChI=1S/C22H26ClN3O2/c1-17-5-3-6-19(13-17)15-26(18(2)27)16-22(28)25-11-9-24(10-12-25)21-8-4-7-20(23)14-21/h3-8,13-14H,9-12,15-16H2,1-2H3. The maximum absolute atomic E-state index is 12.8. The summed E-state index contributed by atoms with van der Waals surface area (Å²) in [6.07, 6.45) is 0. The lowest BCUT2D eigenvalue weighted by molar-refractivity contribution is -0.140. The zero-order chi connectivity index (χ0) is 20.1. The van der Waals surface area contributed by atoms with E-state index in [9.17, 15) is 9.59 Å². The SMILES string of the molecule is CC(=O)N(CC(=O)N1CCN(c2cccc(Cl)c2)CC1)Cc1cccc(C)c1. The number of aryl methyl sites for hydroxylation is 1. The lowest BCUT2D eigenvalue weighted by Crippen LogP contribution is -2.51. The Balaban J connectivity index is 1.57. The Kier molecular flexibility index (Phi) is 6.57. The first-order valence-electron chi connectivity index (χ1n) is 9.52. The van der Waals surface area contributed by atoms with Crippen LogP contribution in [-0.4, -0.2) is 54.3 Å². The maximum atomic E-state index is 12.8. The minimum Gasteiger partial charge on any atom is -0.368 e. The highest BCUT2D eigenvalue weighted by atomic mass is 35.5. The fourth-order valence-electron chi connectivity index (χ4n) is 3.46. The third-order valence-corrected chi connectivity index (χ3v) is 5.27. The van der Waals surface area contributed by atoms with Crippen molar-refractivity contribution in [3.05, 3.63) is 64.7 Å². The second-order valence-electron chi connectivity index (χ2n) is 7.21. The predicted octanol–water partition coefficient (Wildman–Crippen LogP) is 3.35. The molecule has 0 atom stereocenters. The first-order valence-corrected chi connectivity index (χ1v) is 9.89. The third-order valence-electron chi connectivity index (χ3n) is 5.03. The van der Waals surface area contributed by atoms with Crippen LogP contribution in [0.3, 0.4) is 0 Å². The molecule has 1 aliphatic rings. The monoisotopic (exact) mass is 399 g/mol. The highest BCUT2D eigenvalue weighted by molar-refractivity contribution is 6.30. The summed E-state index contributed by atoms with van der Waals surface area (Å²) in [6.45, 7) is 6.88. The minimum atomic E-state index is -0.0904. The molecule has 0 aliphatic carbocycles. The molecule has 0 unspecified atom stereocenters. The van der Waals surface area contributed by atoms with E-state index in [0.717, 1.165) is 29.9 Å². The van der Waals surface area contributed by atoms with Crippen LogP contribution in [0.2, 0.25) is 5.02 Å². The van der Waals surface area contributed by atoms with E-state index in [1.807, 2.05) is 60.4 Å². The average molecular weight is 400 g/mol. The van der Waals surface area contributed by atoms with Gasteiger partial charge in [0.25, 0.3) is 0 Å². The van der Waals surface area contributed by atoms with E-state index in [1.165, 1.54) is 6.92 Å². The van der Waals surface area contributed by atoms with E-state index < -0.39 is 0 Å². The van der Waals surface area contributed by atoms with Crippen LogP contribution in [0.1, 0.15) is 18.1 Å². The van der Waals surface area contributed by atoms with Gasteiger partial charge in [-0.15, -0.1) is 0 Å². The van der Waals surface area contributed by atoms with Gasteiger partial charge in [0.15, 0.2) is 0 Å². The molecule has 2 aromatic carbocycles. The molecule has 0 radical (unpaired) electrons. The van der Waals surface area contributed by atoms with Crippen molar-refractivity contribution in [3.8, 4) is 0 Å². The molecular formula is C22H26ClN3O2. The Morgan fingerprint density at radius 2 is 1.75 bits per heavy atom. The summed E-state index contributed by atoms with van der Waals surface area (Å²) in [5, 5.41) is 0.712. The Morgan fingerprint density at radius 3 is 2.39 bits per heavy atom. The molecule has 0 bridgehead atoms. The Labute approximate surface area is 171 Å². The highest BCUT2D eigenvalue weighted by Crippen LogP contribution is 2.21. The topological polar surface area (TPSA) is 43.9 Å². The fourth-order valence-corrected chi connectivity index (χ4v) is 3.64. The second-order valence-corrected chi connectivity index (χ2v) is 7.65. The van der Waals surface area contributed by atoms with Crippen LogP contribution >= 0.6 is 11.6 Å². The number of rotatable bonds is 5. The molecule has 2 aromatic rings. The Hall–Kier alpha value is -2.53. The van der Waals surface area contributed by atoms with E-state index >= 15 is 0 Å². The molecule has 0 aromatic heterocycles. The first kappa shape index (κ1) is 20.2. The van der Waals surface area contributed by atoms with Crippen molar-refractivity contribution in [2.75, 3.05) is 37.6 Å². The second kappa shape index (κ2) is 9.11. The molecule has 5 nitrogen and oxygen atoms in total. The molecule has 28 heavy (non-hydrogen) atoms. The van der Waals surface area contributed by atoms with E-state index in [0.29, 0.717) is 24.7 Å². The zero-order valence-corrected chi connectivity index (χ0v) is 17.2. The molecule has 148 valence electrons. The van der Waals surface area contributed by atoms with Crippen LogP contribution in [0.15, 0.2) is 48.5 Å². The summed E-state index contributed by atoms with van der Waals surface area (Å²) < 4.78 is 0. The van der Waals surface area contributed by atoms with Gasteiger partial charge in [-0.3, -0.25) is 9.59 Å². The van der Waals surface area contributed by atoms with Gasteiger partial charge in [0.1, 0.15) is 6.54 Å². The van der Waals surface area contributed by atoms with Gasteiger partial charge in [0.05, 0.1) is 0 Å². The summed E-state index contributed by atoms with van der Waals surface area (Å²) in [5.41, 5.74) is 3.25. The number of carbonyl (C=O) groups excluding carboxylic acids is 2. The largest absolute Gasteiger partial charge is 0.368 e. The zero-order valence-electron chi connectivity index (χ0n) is 16.4. The van der Waals surface area contributed by atoms with Gasteiger partial charge in [-0.05, 0) is 30.7 Å². The maximum Gasteiger partial charge on any atom is 0.242 e. The van der Waals surface area contributed by atoms with Crippen LogP contribution < -0.4 is 4.90 Å². The number of carbonyl (C=O) groups is 2. The van der Waals surface area contributed by atoms with Crippen molar-refractivity contribution in [2.45, 2.75) is 20.4 Å². The van der Waals surface area contributed by atoms with Crippen LogP contribution in [0.25, 0.3) is 0 Å². The number of halogens is 1. The molecule has 2 amide bonds. The van der Waals surface area contributed by atoms with Gasteiger partial charge in [-0.25, -0.2) is 0 Å². The number of hydrogen-bond donors (Lipinski definition) is 0. The van der Waals surface area contributed by atoms with Crippen molar-refractivity contribution in [3.63, 3.8) is 0 Å². The number of nitrogens with zero attached hydrogens (tertiary/aromatic N) is 3. The van der Waals surface area contributed by atoms with Crippen LogP contribution in [0, 0.1) is 6.92 Å². The summed E-state index contributed by atoms with van der Waals surface area (Å²) in [6, 6.07) is 15.8. The fraction of sp³-hybridized carbons (Fsp3) is 0.364. The first-order chi connectivity index (χ1) is 13.4. The summed E-state index contributed by atoms with van der Waals surface area (Å²) in [5.74, 6) is -0.0963. The van der Waals surface area contributed by atoms with Crippen molar-refractivity contribution >= 4 is 29.1 Å². The third kappa shape index (κ3) is 5.26. The van der Waals surface area contributed by atoms with Crippen molar-refractivity contribution < 1.29 is 9.59 Å². The van der Waals surface area contributed by atoms with Crippen LogP contribution in [0.5, 0.6) is 0 Å². The van der Waals surface area contributed by atoms with Gasteiger partial charge >= 0.3 is 0 Å². The molecule has 1 heterocycles. The van der Waals surface area contributed by atoms with Gasteiger partial charge in [0.2, 0.25) is 11.8 Å². The molecule has 3 rings (SSSR count). The molecule has 0 saturated carbocycles. The van der Waals surface area contributed by atoms with Crippen molar-refractivity contribution in [2.24, 2.45) is 0 Å². The lowest BCUT2D eigenvalue weighted by Gasteiger charge is -2.37. The number of anilines is 1. The number of hydrogen-bond acceptors (Lipinski definition) is 3. The van der Waals surface area contributed by atoms with E-state index in [1.54, 1.807) is 4.90 Å². The summed E-state index contributed by atoms with van der Waals surface area (Å²) in [7, 11) is 0. The quantitative estimate of drug-likeness (QED) is 0.774. The van der Waals surface area contributed by atoms with Crippen molar-refractivity contribution in [1.29, 1.82) is 0 Å². The number of benzene rings is 2. The smallest absolute Gasteiger partial charge is 0.242 e. The van der Waals surface area contributed by atoms with E-state index in [2.05, 4.69) is 4.90 Å². The van der Waals surface area contributed by atoms with Gasteiger partial charge in [0, 0.05) is 50.4 Å². The molecule has 0 spiro atoms. The summed E-state index contributed by atoms with van der Waals surface area (Å²) in [4.78, 5) is 30.5. The Morgan fingerprint density at radius 1 is 1.04 bits per heavy atom. The van der Waals surface area contributed by atoms with Crippen molar-refractivity contribution in [1.82, 2.24) is 9.80 Å². The molecule has 1 aliphatic heterocycles. The normalized spacial score (nSPS) is 14.1. The average Bonchev–Trinajstić information content (AvgIpc) is 2.67. The van der Waals surface area contributed by atoms with Crippen LogP contribution in [0.4, 0.5) is 5.69 Å². The highest BCUT2D eigenvalue weighted by Gasteiger charge is 2.24. The van der Waals surface area contributed by atoms with E-state index in [4.69, 9.17) is 11.6 Å². The van der Waals surface area contributed by atoms with Gasteiger partial charge in [-0.1, -0.05) is 47.5 Å². The molecule has 0 N–H and O–H groups in total. The van der Waals surface area contributed by atoms with Crippen LogP contribution in [-0.2, 0) is 16.1 Å².